The van der Waals surface area contributed by atoms with Crippen LogP contribution in [0, 0.1) is 5.41 Å². The van der Waals surface area contributed by atoms with Gasteiger partial charge in [0.15, 0.2) is 0 Å². The third kappa shape index (κ3) is 4.51. The van der Waals surface area contributed by atoms with Crippen molar-refractivity contribution in [3.05, 3.63) is 53.1 Å². The maximum Gasteiger partial charge on any atom is 0.119 e. The zero-order valence-electron chi connectivity index (χ0n) is 15.9. The first-order valence-corrected chi connectivity index (χ1v) is 9.11. The zero-order valence-corrected chi connectivity index (χ0v) is 15.9. The van der Waals surface area contributed by atoms with Gasteiger partial charge in [-0.25, -0.2) is 0 Å². The molecule has 1 aliphatic carbocycles. The molecule has 2 nitrogen and oxygen atoms in total. The Morgan fingerprint density at radius 1 is 1.25 bits per heavy atom. The number of allylic oxidation sites excluding steroid dienone is 3. The lowest BCUT2D eigenvalue weighted by Crippen LogP contribution is -2.21. The Balaban J connectivity index is 2.18. The van der Waals surface area contributed by atoms with Gasteiger partial charge in [0.25, 0.3) is 0 Å². The minimum atomic E-state index is -0.982. The number of ether oxygens (including phenoxy) is 1. The van der Waals surface area contributed by atoms with E-state index >= 15 is 0 Å². The van der Waals surface area contributed by atoms with Gasteiger partial charge in [-0.2, -0.15) is 0 Å². The third-order valence-corrected chi connectivity index (χ3v) is 5.03. The normalized spacial score (nSPS) is 20.2. The molecule has 2 rings (SSSR count). The zero-order chi connectivity index (χ0) is 17.8. The molecule has 24 heavy (non-hydrogen) atoms. The molecular weight excluding hydrogens is 296 g/mol. The summed E-state index contributed by atoms with van der Waals surface area (Å²) in [6, 6.07) is 7.76. The van der Waals surface area contributed by atoms with E-state index in [1.807, 2.05) is 37.3 Å². The highest BCUT2D eigenvalue weighted by Gasteiger charge is 2.28. The first kappa shape index (κ1) is 18.8. The Morgan fingerprint density at radius 2 is 1.92 bits per heavy atom. The number of benzene rings is 1. The van der Waals surface area contributed by atoms with Gasteiger partial charge in [0, 0.05) is 0 Å². The Labute approximate surface area is 147 Å². The second-order valence-electron chi connectivity index (χ2n) is 7.79. The minimum Gasteiger partial charge on any atom is -0.494 e. The second kappa shape index (κ2) is 7.57. The lowest BCUT2D eigenvalue weighted by atomic mass is 9.72. The van der Waals surface area contributed by atoms with Gasteiger partial charge >= 0.3 is 0 Å². The fraction of sp³-hybridized carbons (Fsp3) is 0.545. The van der Waals surface area contributed by atoms with Crippen molar-refractivity contribution in [1.29, 1.82) is 0 Å². The smallest absolute Gasteiger partial charge is 0.119 e. The molecule has 1 unspecified atom stereocenters. The summed E-state index contributed by atoms with van der Waals surface area (Å²) in [5, 5.41) is 10.9. The molecule has 0 heterocycles. The standard InChI is InChI=1S/C22H32O2/c1-6-16-24-19-11-9-18(10-12-19)22(5,23)15-13-20-17(2)8-7-14-21(20,3)4/h9-13,15,23H,6-8,14,16H2,1-5H3/b15-13+. The molecule has 1 aromatic rings. The number of aliphatic hydroxyl groups is 1. The topological polar surface area (TPSA) is 29.5 Å². The number of hydrogen-bond donors (Lipinski definition) is 1. The van der Waals surface area contributed by atoms with Crippen molar-refractivity contribution in [2.24, 2.45) is 5.41 Å². The minimum absolute atomic E-state index is 0.187. The number of rotatable bonds is 6. The van der Waals surface area contributed by atoms with Crippen molar-refractivity contribution in [2.45, 2.75) is 65.9 Å². The van der Waals surface area contributed by atoms with E-state index in [9.17, 15) is 5.11 Å². The van der Waals surface area contributed by atoms with Gasteiger partial charge < -0.3 is 9.84 Å². The van der Waals surface area contributed by atoms with E-state index in [0.29, 0.717) is 0 Å². The highest BCUT2D eigenvalue weighted by Crippen LogP contribution is 2.41. The van der Waals surface area contributed by atoms with Crippen LogP contribution in [0.25, 0.3) is 0 Å². The van der Waals surface area contributed by atoms with Crippen LogP contribution in [0.4, 0.5) is 0 Å². The molecule has 0 saturated heterocycles. The van der Waals surface area contributed by atoms with Gasteiger partial charge in [0.05, 0.1) is 6.61 Å². The summed E-state index contributed by atoms with van der Waals surface area (Å²) in [7, 11) is 0. The molecule has 0 fully saturated rings. The summed E-state index contributed by atoms with van der Waals surface area (Å²) in [6.07, 6.45) is 8.68. The van der Waals surface area contributed by atoms with Crippen LogP contribution < -0.4 is 4.74 Å². The first-order valence-electron chi connectivity index (χ1n) is 9.11. The molecule has 1 atom stereocenters. The maximum absolute atomic E-state index is 10.9. The van der Waals surface area contributed by atoms with E-state index in [2.05, 4.69) is 33.8 Å². The summed E-state index contributed by atoms with van der Waals surface area (Å²) in [5.74, 6) is 0.854. The summed E-state index contributed by atoms with van der Waals surface area (Å²) in [6.45, 7) is 11.5. The fourth-order valence-corrected chi connectivity index (χ4v) is 3.46. The largest absolute Gasteiger partial charge is 0.494 e. The summed E-state index contributed by atoms with van der Waals surface area (Å²) in [5.41, 5.74) is 2.91. The lowest BCUT2D eigenvalue weighted by molar-refractivity contribution is 0.111. The van der Waals surface area contributed by atoms with Crippen molar-refractivity contribution < 1.29 is 9.84 Å². The molecule has 0 radical (unpaired) electrons. The lowest BCUT2D eigenvalue weighted by Gasteiger charge is -2.33. The highest BCUT2D eigenvalue weighted by molar-refractivity contribution is 5.37. The van der Waals surface area contributed by atoms with Crippen molar-refractivity contribution in [3.63, 3.8) is 0 Å². The van der Waals surface area contributed by atoms with Crippen molar-refractivity contribution >= 4 is 0 Å². The molecule has 0 saturated carbocycles. The van der Waals surface area contributed by atoms with Crippen molar-refractivity contribution in [1.82, 2.24) is 0 Å². The molecule has 0 spiro atoms. The van der Waals surface area contributed by atoms with E-state index in [1.165, 1.54) is 24.0 Å². The molecule has 0 amide bonds. The average Bonchev–Trinajstić information content (AvgIpc) is 2.52. The predicted octanol–water partition coefficient (Wildman–Crippen LogP) is 5.77. The fourth-order valence-electron chi connectivity index (χ4n) is 3.46. The van der Waals surface area contributed by atoms with Crippen LogP contribution in [0.1, 0.15) is 65.9 Å². The Hall–Kier alpha value is -1.54. The summed E-state index contributed by atoms with van der Waals surface area (Å²) >= 11 is 0. The summed E-state index contributed by atoms with van der Waals surface area (Å²) in [4.78, 5) is 0. The SMILES string of the molecule is CCCOc1ccc(C(C)(O)/C=C/C2=C(C)CCCC2(C)C)cc1. The number of hydrogen-bond acceptors (Lipinski definition) is 2. The quantitative estimate of drug-likeness (QED) is 0.718. The van der Waals surface area contributed by atoms with Crippen molar-refractivity contribution in [3.8, 4) is 5.75 Å². The van der Waals surface area contributed by atoms with Crippen LogP contribution in [0.5, 0.6) is 5.75 Å². The van der Waals surface area contributed by atoms with Gasteiger partial charge in [0.2, 0.25) is 0 Å². The second-order valence-corrected chi connectivity index (χ2v) is 7.79. The highest BCUT2D eigenvalue weighted by atomic mass is 16.5. The van der Waals surface area contributed by atoms with E-state index in [1.54, 1.807) is 0 Å². The van der Waals surface area contributed by atoms with Crippen molar-refractivity contribution in [2.75, 3.05) is 6.61 Å². The molecule has 0 aromatic heterocycles. The maximum atomic E-state index is 10.9. The molecular formula is C22H32O2. The summed E-state index contributed by atoms with van der Waals surface area (Å²) < 4.78 is 5.61. The van der Waals surface area contributed by atoms with E-state index in [4.69, 9.17) is 4.74 Å². The molecule has 0 bridgehead atoms. The van der Waals surface area contributed by atoms with E-state index in [0.717, 1.165) is 30.8 Å². The third-order valence-electron chi connectivity index (χ3n) is 5.03. The Bertz CT molecular complexity index is 603. The molecule has 132 valence electrons. The van der Waals surface area contributed by atoms with Crippen LogP contribution in [0.2, 0.25) is 0 Å². The predicted molar refractivity (Wildman–Crippen MR) is 101 cm³/mol. The van der Waals surface area contributed by atoms with Gasteiger partial charge in [0.1, 0.15) is 11.4 Å². The van der Waals surface area contributed by atoms with Gasteiger partial charge in [-0.3, -0.25) is 0 Å². The molecule has 1 aliphatic rings. The van der Waals surface area contributed by atoms with Crippen LogP contribution in [-0.2, 0) is 5.60 Å². The Morgan fingerprint density at radius 3 is 2.50 bits per heavy atom. The van der Waals surface area contributed by atoms with Crippen LogP contribution >= 0.6 is 0 Å². The Kier molecular flexibility index (Phi) is 5.92. The molecule has 1 N–H and O–H groups in total. The van der Waals surface area contributed by atoms with Gasteiger partial charge in [-0.1, -0.05) is 44.6 Å². The molecule has 1 aromatic carbocycles. The average molecular weight is 328 g/mol. The van der Waals surface area contributed by atoms with Crippen LogP contribution in [0.15, 0.2) is 47.6 Å². The van der Waals surface area contributed by atoms with Crippen LogP contribution in [-0.4, -0.2) is 11.7 Å². The monoisotopic (exact) mass is 328 g/mol. The van der Waals surface area contributed by atoms with E-state index in [-0.39, 0.29) is 5.41 Å². The molecule has 0 aliphatic heterocycles. The molecule has 2 heteroatoms. The first-order chi connectivity index (χ1) is 11.3. The van der Waals surface area contributed by atoms with E-state index < -0.39 is 5.60 Å². The van der Waals surface area contributed by atoms with Crippen LogP contribution in [0.3, 0.4) is 0 Å². The van der Waals surface area contributed by atoms with Gasteiger partial charge in [-0.05, 0) is 74.3 Å². The van der Waals surface area contributed by atoms with Gasteiger partial charge in [-0.15, -0.1) is 0 Å².